The van der Waals surface area contributed by atoms with Gasteiger partial charge in [-0.2, -0.15) is 0 Å². The van der Waals surface area contributed by atoms with Gasteiger partial charge in [0, 0.05) is 0 Å². The first kappa shape index (κ1) is 19.6. The van der Waals surface area contributed by atoms with Crippen molar-refractivity contribution < 1.29 is 9.53 Å². The van der Waals surface area contributed by atoms with Gasteiger partial charge >= 0.3 is 6.03 Å². The van der Waals surface area contributed by atoms with Crippen LogP contribution in [0.1, 0.15) is 37.5 Å². The highest BCUT2D eigenvalue weighted by Gasteiger charge is 2.23. The molecule has 0 bridgehead atoms. The summed E-state index contributed by atoms with van der Waals surface area (Å²) in [4.78, 5) is 12.2. The molecule has 0 spiro atoms. The highest BCUT2D eigenvalue weighted by molar-refractivity contribution is 5.75. The van der Waals surface area contributed by atoms with Crippen LogP contribution in [-0.4, -0.2) is 19.2 Å². The Morgan fingerprint density at radius 3 is 2.50 bits per heavy atom. The van der Waals surface area contributed by atoms with Gasteiger partial charge in [-0.05, 0) is 57.0 Å². The van der Waals surface area contributed by atoms with E-state index in [9.17, 15) is 4.79 Å². The van der Waals surface area contributed by atoms with Crippen molar-refractivity contribution in [1.29, 1.82) is 0 Å². The fourth-order valence-electron chi connectivity index (χ4n) is 2.54. The number of carbonyl (C=O) groups excluding carboxylic acids is 1. The maximum absolute atomic E-state index is 12.2. The van der Waals surface area contributed by atoms with E-state index in [0.29, 0.717) is 13.2 Å². The Labute approximate surface area is 156 Å². The van der Waals surface area contributed by atoms with Gasteiger partial charge in [-0.15, -0.1) is 0 Å². The number of carbonyl (C=O) groups is 1. The van der Waals surface area contributed by atoms with Crippen LogP contribution in [0, 0.1) is 6.92 Å². The first-order chi connectivity index (χ1) is 12.3. The number of amides is 2. The summed E-state index contributed by atoms with van der Waals surface area (Å²) >= 11 is 0. The SMILES string of the molecule is C=C(C)c1cccc(C(C)(C)NC(=O)NCCOc2ccc(C)cc2)c1. The van der Waals surface area contributed by atoms with Crippen LogP contribution in [0.4, 0.5) is 4.79 Å². The zero-order chi connectivity index (χ0) is 19.2. The smallest absolute Gasteiger partial charge is 0.315 e. The van der Waals surface area contributed by atoms with Crippen molar-refractivity contribution >= 4 is 11.6 Å². The zero-order valence-corrected chi connectivity index (χ0v) is 16.1. The molecule has 26 heavy (non-hydrogen) atoms. The summed E-state index contributed by atoms with van der Waals surface area (Å²) in [5.74, 6) is 0.801. The van der Waals surface area contributed by atoms with Crippen molar-refractivity contribution in [3.63, 3.8) is 0 Å². The minimum Gasteiger partial charge on any atom is -0.492 e. The normalized spacial score (nSPS) is 10.9. The Morgan fingerprint density at radius 1 is 1.15 bits per heavy atom. The van der Waals surface area contributed by atoms with Gasteiger partial charge in [0.25, 0.3) is 0 Å². The molecule has 0 unspecified atom stereocenters. The topological polar surface area (TPSA) is 50.4 Å². The van der Waals surface area contributed by atoms with Crippen molar-refractivity contribution in [3.8, 4) is 5.75 Å². The molecule has 138 valence electrons. The molecule has 0 aliphatic carbocycles. The molecule has 0 fully saturated rings. The van der Waals surface area contributed by atoms with Crippen LogP contribution >= 0.6 is 0 Å². The molecule has 2 N–H and O–H groups in total. The minimum absolute atomic E-state index is 0.219. The van der Waals surface area contributed by atoms with Gasteiger partial charge in [0.15, 0.2) is 0 Å². The van der Waals surface area contributed by atoms with Gasteiger partial charge in [-0.1, -0.05) is 48.0 Å². The number of rotatable bonds is 7. The van der Waals surface area contributed by atoms with E-state index in [-0.39, 0.29) is 6.03 Å². The molecule has 0 heterocycles. The zero-order valence-electron chi connectivity index (χ0n) is 16.1. The lowest BCUT2D eigenvalue weighted by atomic mass is 9.92. The molecule has 2 amide bonds. The maximum Gasteiger partial charge on any atom is 0.315 e. The molecular weight excluding hydrogens is 324 g/mol. The molecule has 2 aromatic carbocycles. The number of allylic oxidation sites excluding steroid dienone is 1. The Balaban J connectivity index is 1.83. The number of hydrogen-bond donors (Lipinski definition) is 2. The third-order valence-electron chi connectivity index (χ3n) is 4.18. The van der Waals surface area contributed by atoms with Gasteiger partial charge in [-0.25, -0.2) is 4.79 Å². The van der Waals surface area contributed by atoms with Gasteiger partial charge in [0.05, 0.1) is 12.1 Å². The molecule has 2 rings (SSSR count). The molecule has 4 nitrogen and oxygen atoms in total. The number of nitrogens with one attached hydrogen (secondary N) is 2. The van der Waals surface area contributed by atoms with E-state index in [1.165, 1.54) is 5.56 Å². The van der Waals surface area contributed by atoms with Crippen LogP contribution in [0.5, 0.6) is 5.75 Å². The fraction of sp³-hybridized carbons (Fsp3) is 0.318. The Bertz CT molecular complexity index is 764. The summed E-state index contributed by atoms with van der Waals surface area (Å²) in [6.07, 6.45) is 0. The van der Waals surface area contributed by atoms with E-state index in [1.54, 1.807) is 0 Å². The fourth-order valence-corrected chi connectivity index (χ4v) is 2.54. The van der Waals surface area contributed by atoms with E-state index in [2.05, 4.69) is 23.3 Å². The van der Waals surface area contributed by atoms with Crippen LogP contribution in [0.25, 0.3) is 5.57 Å². The summed E-state index contributed by atoms with van der Waals surface area (Å²) in [6.45, 7) is 12.8. The lowest BCUT2D eigenvalue weighted by Gasteiger charge is -2.27. The van der Waals surface area contributed by atoms with Gasteiger partial charge in [-0.3, -0.25) is 0 Å². The van der Waals surface area contributed by atoms with Crippen molar-refractivity contribution in [2.45, 2.75) is 33.2 Å². The van der Waals surface area contributed by atoms with Crippen LogP contribution < -0.4 is 15.4 Å². The second-order valence-electron chi connectivity index (χ2n) is 7.03. The predicted octanol–water partition coefficient (Wildman–Crippen LogP) is 4.64. The van der Waals surface area contributed by atoms with Crippen LogP contribution in [0.2, 0.25) is 0 Å². The Hall–Kier alpha value is -2.75. The summed E-state index contributed by atoms with van der Waals surface area (Å²) in [7, 11) is 0. The second-order valence-corrected chi connectivity index (χ2v) is 7.03. The highest BCUT2D eigenvalue weighted by atomic mass is 16.5. The molecular formula is C22H28N2O2. The molecule has 2 aromatic rings. The number of benzene rings is 2. The van der Waals surface area contributed by atoms with Gasteiger partial charge in [0.1, 0.15) is 12.4 Å². The quantitative estimate of drug-likeness (QED) is 0.713. The molecule has 0 aliphatic rings. The van der Waals surface area contributed by atoms with Gasteiger partial charge in [0.2, 0.25) is 0 Å². The monoisotopic (exact) mass is 352 g/mol. The summed E-state index contributed by atoms with van der Waals surface area (Å²) in [5, 5.41) is 5.84. The Morgan fingerprint density at radius 2 is 1.85 bits per heavy atom. The van der Waals surface area contributed by atoms with Crippen molar-refractivity contribution in [2.24, 2.45) is 0 Å². The molecule has 0 atom stereocenters. The largest absolute Gasteiger partial charge is 0.492 e. The first-order valence-electron chi connectivity index (χ1n) is 8.80. The number of ether oxygens (including phenoxy) is 1. The molecule has 0 aromatic heterocycles. The van der Waals surface area contributed by atoms with E-state index < -0.39 is 5.54 Å². The standard InChI is InChI=1S/C22H28N2O2/c1-16(2)18-7-6-8-19(15-18)22(4,5)24-21(25)23-13-14-26-20-11-9-17(3)10-12-20/h6-12,15H,1,13-14H2,2-5H3,(H2,23,24,25). The predicted molar refractivity (Wildman–Crippen MR) is 107 cm³/mol. The average molecular weight is 352 g/mol. The third kappa shape index (κ3) is 5.66. The maximum atomic E-state index is 12.2. The molecule has 0 aliphatic heterocycles. The summed E-state index contributed by atoms with van der Waals surface area (Å²) in [5.41, 5.74) is 3.80. The summed E-state index contributed by atoms with van der Waals surface area (Å²) < 4.78 is 5.62. The van der Waals surface area contributed by atoms with E-state index >= 15 is 0 Å². The molecule has 4 heteroatoms. The van der Waals surface area contributed by atoms with Crippen LogP contribution in [0.3, 0.4) is 0 Å². The van der Waals surface area contributed by atoms with E-state index in [1.807, 2.05) is 70.2 Å². The van der Waals surface area contributed by atoms with E-state index in [4.69, 9.17) is 4.74 Å². The third-order valence-corrected chi connectivity index (χ3v) is 4.18. The molecule has 0 saturated carbocycles. The second kappa shape index (κ2) is 8.56. The highest BCUT2D eigenvalue weighted by Crippen LogP contribution is 2.23. The minimum atomic E-state index is -0.493. The van der Waals surface area contributed by atoms with Crippen molar-refractivity contribution in [1.82, 2.24) is 10.6 Å². The lowest BCUT2D eigenvalue weighted by molar-refractivity contribution is 0.226. The number of aryl methyl sites for hydroxylation is 1. The van der Waals surface area contributed by atoms with E-state index in [0.717, 1.165) is 22.4 Å². The number of urea groups is 1. The van der Waals surface area contributed by atoms with Gasteiger partial charge < -0.3 is 15.4 Å². The lowest BCUT2D eigenvalue weighted by Crippen LogP contribution is -2.47. The van der Waals surface area contributed by atoms with Crippen molar-refractivity contribution in [3.05, 3.63) is 71.8 Å². The first-order valence-corrected chi connectivity index (χ1v) is 8.80. The molecule has 0 radical (unpaired) electrons. The van der Waals surface area contributed by atoms with Crippen LogP contribution in [-0.2, 0) is 5.54 Å². The molecule has 0 saturated heterocycles. The number of hydrogen-bond acceptors (Lipinski definition) is 2. The average Bonchev–Trinajstić information content (AvgIpc) is 2.60. The Kier molecular flexibility index (Phi) is 6.45. The van der Waals surface area contributed by atoms with Crippen LogP contribution in [0.15, 0.2) is 55.1 Å². The summed E-state index contributed by atoms with van der Waals surface area (Å²) in [6, 6.07) is 15.7. The van der Waals surface area contributed by atoms with Crippen molar-refractivity contribution in [2.75, 3.05) is 13.2 Å².